The fourth-order valence-electron chi connectivity index (χ4n) is 3.77. The Kier molecular flexibility index (Phi) is 7.43. The van der Waals surface area contributed by atoms with Gasteiger partial charge in [-0.3, -0.25) is 14.6 Å². The zero-order valence-electron chi connectivity index (χ0n) is 17.4. The number of oxime groups is 1. The number of likely N-dealkylation sites (tertiary alicyclic amines) is 1. The number of benzene rings is 1. The number of carboxylic acid groups (broad SMARTS) is 1. The lowest BCUT2D eigenvalue weighted by Crippen LogP contribution is -2.44. The Labute approximate surface area is 176 Å². The number of amidine groups is 1. The van der Waals surface area contributed by atoms with Crippen molar-refractivity contribution in [3.05, 3.63) is 35.4 Å². The first-order valence-electron chi connectivity index (χ1n) is 10.6. The van der Waals surface area contributed by atoms with Crippen LogP contribution in [0.1, 0.15) is 56.6 Å². The number of hydrogen-bond acceptors (Lipinski definition) is 5. The molecule has 0 bridgehead atoms. The molecule has 8 nitrogen and oxygen atoms in total. The van der Waals surface area contributed by atoms with Crippen LogP contribution in [0, 0.1) is 5.92 Å². The Bertz CT molecular complexity index is 811. The van der Waals surface area contributed by atoms with Gasteiger partial charge in [-0.1, -0.05) is 42.8 Å². The van der Waals surface area contributed by atoms with Gasteiger partial charge in [0.2, 0.25) is 6.10 Å². The first kappa shape index (κ1) is 21.8. The van der Waals surface area contributed by atoms with Crippen LogP contribution in [0.15, 0.2) is 34.4 Å². The summed E-state index contributed by atoms with van der Waals surface area (Å²) in [6.45, 7) is 3.97. The molecule has 1 saturated heterocycles. The van der Waals surface area contributed by atoms with E-state index in [0.717, 1.165) is 36.2 Å². The Hall–Kier alpha value is -2.90. The van der Waals surface area contributed by atoms with E-state index in [0.29, 0.717) is 38.2 Å². The van der Waals surface area contributed by atoms with E-state index in [1.807, 2.05) is 24.3 Å². The van der Waals surface area contributed by atoms with Crippen LogP contribution in [-0.4, -0.2) is 59.2 Å². The third kappa shape index (κ3) is 5.58. The number of nitrogens with zero attached hydrogens (tertiary/aromatic N) is 3. The van der Waals surface area contributed by atoms with E-state index in [1.165, 1.54) is 0 Å². The summed E-state index contributed by atoms with van der Waals surface area (Å²) in [5, 5.41) is 13.0. The molecule has 2 heterocycles. The highest BCUT2D eigenvalue weighted by Crippen LogP contribution is 2.24. The molecule has 0 saturated carbocycles. The summed E-state index contributed by atoms with van der Waals surface area (Å²) < 4.78 is 0. The number of carbonyl (C=O) groups is 2. The summed E-state index contributed by atoms with van der Waals surface area (Å²) in [4.78, 5) is 35.2. The van der Waals surface area contributed by atoms with Gasteiger partial charge in [0.25, 0.3) is 5.91 Å². The fourth-order valence-corrected chi connectivity index (χ4v) is 3.77. The number of hydrogen-bond donors (Lipinski definition) is 2. The molecule has 0 radical (unpaired) electrons. The van der Waals surface area contributed by atoms with Crippen LogP contribution >= 0.6 is 0 Å². The van der Waals surface area contributed by atoms with Crippen LogP contribution in [0.5, 0.6) is 0 Å². The van der Waals surface area contributed by atoms with Gasteiger partial charge in [0.15, 0.2) is 0 Å². The molecular formula is C22H30N4O4. The minimum atomic E-state index is -0.781. The first-order chi connectivity index (χ1) is 14.5. The molecule has 3 N–H and O–H groups in total. The quantitative estimate of drug-likeness (QED) is 0.385. The van der Waals surface area contributed by atoms with E-state index in [-0.39, 0.29) is 18.2 Å². The van der Waals surface area contributed by atoms with Crippen molar-refractivity contribution in [2.45, 2.75) is 51.6 Å². The van der Waals surface area contributed by atoms with Gasteiger partial charge >= 0.3 is 5.97 Å². The van der Waals surface area contributed by atoms with Crippen LogP contribution in [0.25, 0.3) is 0 Å². The number of aliphatic carboxylic acids is 1. The van der Waals surface area contributed by atoms with Crippen LogP contribution < -0.4 is 5.73 Å². The summed E-state index contributed by atoms with van der Waals surface area (Å²) in [7, 11) is 0. The SMILES string of the molecule is CCCCN=C(N)c1ccc(C2=NOC(C(=O)N3CCC(CC(=O)O)CC3)C2)cc1. The molecule has 2 aliphatic rings. The molecule has 0 aromatic heterocycles. The fraction of sp³-hybridized carbons (Fsp3) is 0.545. The molecule has 3 rings (SSSR count). The maximum absolute atomic E-state index is 12.8. The molecule has 0 spiro atoms. The minimum absolute atomic E-state index is 0.0774. The first-order valence-corrected chi connectivity index (χ1v) is 10.6. The van der Waals surface area contributed by atoms with Gasteiger partial charge in [0, 0.05) is 38.0 Å². The average Bonchev–Trinajstić information content (AvgIpc) is 3.24. The number of unbranched alkanes of at least 4 members (excludes halogenated alkanes) is 1. The third-order valence-electron chi connectivity index (χ3n) is 5.64. The second-order valence-corrected chi connectivity index (χ2v) is 7.90. The van der Waals surface area contributed by atoms with Gasteiger partial charge in [-0.15, -0.1) is 0 Å². The summed E-state index contributed by atoms with van der Waals surface area (Å²) in [6.07, 6.45) is 3.49. The summed E-state index contributed by atoms with van der Waals surface area (Å²) in [5.41, 5.74) is 8.54. The number of carbonyl (C=O) groups excluding carboxylic acids is 1. The molecule has 30 heavy (non-hydrogen) atoms. The highest BCUT2D eigenvalue weighted by molar-refractivity contribution is 6.05. The summed E-state index contributed by atoms with van der Waals surface area (Å²) >= 11 is 0. The number of amides is 1. The smallest absolute Gasteiger partial charge is 0.303 e. The van der Waals surface area contributed by atoms with E-state index >= 15 is 0 Å². The Morgan fingerprint density at radius 3 is 2.60 bits per heavy atom. The maximum atomic E-state index is 12.8. The lowest BCUT2D eigenvalue weighted by molar-refractivity contribution is -0.144. The second kappa shape index (κ2) is 10.2. The van der Waals surface area contributed by atoms with Crippen molar-refractivity contribution in [2.75, 3.05) is 19.6 Å². The molecule has 162 valence electrons. The largest absolute Gasteiger partial charge is 0.481 e. The number of rotatable bonds is 8. The Morgan fingerprint density at radius 1 is 1.27 bits per heavy atom. The zero-order valence-corrected chi connectivity index (χ0v) is 17.4. The normalized spacial score (nSPS) is 20.0. The molecule has 1 atom stereocenters. The predicted molar refractivity (Wildman–Crippen MR) is 115 cm³/mol. The summed E-state index contributed by atoms with van der Waals surface area (Å²) in [6, 6.07) is 7.66. The van der Waals surface area contributed by atoms with E-state index in [2.05, 4.69) is 17.1 Å². The van der Waals surface area contributed by atoms with E-state index in [9.17, 15) is 9.59 Å². The van der Waals surface area contributed by atoms with Crippen molar-refractivity contribution in [1.29, 1.82) is 0 Å². The Morgan fingerprint density at radius 2 is 1.97 bits per heavy atom. The molecular weight excluding hydrogens is 384 g/mol. The van der Waals surface area contributed by atoms with Crippen LogP contribution in [0.4, 0.5) is 0 Å². The maximum Gasteiger partial charge on any atom is 0.303 e. The van der Waals surface area contributed by atoms with E-state index < -0.39 is 12.1 Å². The average molecular weight is 415 g/mol. The van der Waals surface area contributed by atoms with Crippen molar-refractivity contribution in [2.24, 2.45) is 21.8 Å². The molecule has 8 heteroatoms. The standard InChI is InChI=1S/C22H30N4O4/c1-2-3-10-24-21(23)17-6-4-16(5-7-17)18-14-19(30-25-18)22(29)26-11-8-15(9-12-26)13-20(27)28/h4-7,15,19H,2-3,8-14H2,1H3,(H2,23,24)(H,27,28). The summed E-state index contributed by atoms with van der Waals surface area (Å²) in [5.74, 6) is -0.193. The number of nitrogens with two attached hydrogens (primary N) is 1. The Balaban J connectivity index is 1.52. The molecule has 2 aliphatic heterocycles. The van der Waals surface area contributed by atoms with Crippen molar-refractivity contribution in [1.82, 2.24) is 4.90 Å². The molecule has 1 fully saturated rings. The lowest BCUT2D eigenvalue weighted by Gasteiger charge is -2.32. The molecule has 1 aromatic rings. The highest BCUT2D eigenvalue weighted by Gasteiger charge is 2.34. The van der Waals surface area contributed by atoms with Crippen molar-refractivity contribution >= 4 is 23.4 Å². The predicted octanol–water partition coefficient (Wildman–Crippen LogP) is 2.40. The van der Waals surface area contributed by atoms with Gasteiger partial charge in [0.05, 0.1) is 5.71 Å². The van der Waals surface area contributed by atoms with Crippen LogP contribution in [0.2, 0.25) is 0 Å². The van der Waals surface area contributed by atoms with Gasteiger partial charge in [-0.05, 0) is 30.7 Å². The molecule has 1 unspecified atom stereocenters. The van der Waals surface area contributed by atoms with Crippen molar-refractivity contribution in [3.8, 4) is 0 Å². The van der Waals surface area contributed by atoms with Gasteiger partial charge in [-0.2, -0.15) is 0 Å². The molecule has 1 amide bonds. The van der Waals surface area contributed by atoms with Crippen molar-refractivity contribution < 1.29 is 19.5 Å². The minimum Gasteiger partial charge on any atom is -0.481 e. The molecule has 1 aromatic carbocycles. The number of aliphatic imine (C=N–C) groups is 1. The van der Waals surface area contributed by atoms with E-state index in [4.69, 9.17) is 15.7 Å². The third-order valence-corrected chi connectivity index (χ3v) is 5.64. The topological polar surface area (TPSA) is 118 Å². The zero-order chi connectivity index (χ0) is 21.5. The monoisotopic (exact) mass is 414 g/mol. The van der Waals surface area contributed by atoms with Crippen molar-refractivity contribution in [3.63, 3.8) is 0 Å². The van der Waals surface area contributed by atoms with Crippen LogP contribution in [0.3, 0.4) is 0 Å². The highest BCUT2D eigenvalue weighted by atomic mass is 16.6. The number of carboxylic acids is 1. The van der Waals surface area contributed by atoms with Gasteiger partial charge in [-0.25, -0.2) is 0 Å². The molecule has 0 aliphatic carbocycles. The lowest BCUT2D eigenvalue weighted by atomic mass is 9.93. The second-order valence-electron chi connectivity index (χ2n) is 7.90. The van der Waals surface area contributed by atoms with Crippen LogP contribution in [-0.2, 0) is 14.4 Å². The van der Waals surface area contributed by atoms with Gasteiger partial charge in [0.1, 0.15) is 5.84 Å². The van der Waals surface area contributed by atoms with E-state index in [1.54, 1.807) is 4.90 Å². The number of piperidine rings is 1. The van der Waals surface area contributed by atoms with Gasteiger partial charge < -0.3 is 20.6 Å².